The smallest absolute Gasteiger partial charge is 0.328 e. The monoisotopic (exact) mass is 1350 g/mol. The Bertz CT molecular complexity index is 3100. The number of pyridine rings is 2. The molecule has 6 amide bonds. The van der Waals surface area contributed by atoms with Crippen LogP contribution in [0, 0.1) is 19.3 Å². The molecular weight excluding hydrogens is 1260 g/mol. The highest BCUT2D eigenvalue weighted by Crippen LogP contribution is 2.59. The second-order valence-corrected chi connectivity index (χ2v) is 24.2. The number of amides is 6. The topological polar surface area (TPSA) is 353 Å². The normalized spacial score (nSPS) is 15.9. The molecular formula is C64H91BrN12O15. The van der Waals surface area contributed by atoms with Gasteiger partial charge < -0.3 is 60.3 Å². The summed E-state index contributed by atoms with van der Waals surface area (Å²) in [5, 5.41) is 27.7. The molecule has 1 aliphatic heterocycles. The van der Waals surface area contributed by atoms with Gasteiger partial charge in [0.15, 0.2) is 5.78 Å². The van der Waals surface area contributed by atoms with E-state index in [2.05, 4.69) is 67.5 Å². The van der Waals surface area contributed by atoms with Crippen molar-refractivity contribution < 1.29 is 71.9 Å². The lowest BCUT2D eigenvalue weighted by Crippen LogP contribution is -2.47. The van der Waals surface area contributed by atoms with Crippen LogP contribution >= 0.6 is 15.9 Å². The van der Waals surface area contributed by atoms with Crippen LogP contribution in [-0.4, -0.2) is 191 Å². The number of Topliss-reactive ketones (excluding diaryl/α,β-unsaturated/α-hetero) is 1. The number of ketones is 1. The zero-order chi connectivity index (χ0) is 66.3. The van der Waals surface area contributed by atoms with Gasteiger partial charge in [-0.05, 0) is 79.6 Å². The first-order valence-electron chi connectivity index (χ1n) is 32.0. The number of hydrogen-bond acceptors (Lipinski definition) is 19. The highest BCUT2D eigenvalue weighted by molar-refractivity contribution is 9.10. The number of methoxy groups -OCH3 is 1. The van der Waals surface area contributed by atoms with Gasteiger partial charge in [-0.15, -0.1) is 0 Å². The van der Waals surface area contributed by atoms with Crippen molar-refractivity contribution in [1.82, 2.24) is 55.9 Å². The van der Waals surface area contributed by atoms with Crippen molar-refractivity contribution in [2.24, 2.45) is 5.41 Å². The van der Waals surface area contributed by atoms with Crippen molar-refractivity contribution in [3.8, 4) is 11.3 Å². The van der Waals surface area contributed by atoms with Crippen LogP contribution in [-0.2, 0) is 68.6 Å². The molecule has 0 spiro atoms. The summed E-state index contributed by atoms with van der Waals surface area (Å²) in [5.74, 6) is -2.87. The molecule has 4 aromatic rings. The van der Waals surface area contributed by atoms with Crippen molar-refractivity contribution in [1.29, 1.82) is 0 Å². The van der Waals surface area contributed by atoms with Crippen molar-refractivity contribution in [2.75, 3.05) is 84.9 Å². The summed E-state index contributed by atoms with van der Waals surface area (Å²) in [6.45, 7) is 5.76. The molecule has 0 unspecified atom stereocenters. The van der Waals surface area contributed by atoms with Crippen LogP contribution in [0.1, 0.15) is 157 Å². The fraction of sp³-hybridized carbons (Fsp3) is 0.625. The maximum absolute atomic E-state index is 14.5. The Kier molecular flexibility index (Phi) is 31.4. The number of ether oxygens (including phenoxy) is 5. The number of nitrogens with one attached hydrogen (secondary N) is 5. The van der Waals surface area contributed by atoms with E-state index in [1.807, 2.05) is 6.92 Å². The first-order chi connectivity index (χ1) is 44.4. The van der Waals surface area contributed by atoms with Gasteiger partial charge in [0.1, 0.15) is 53.8 Å². The van der Waals surface area contributed by atoms with Gasteiger partial charge in [-0.25, -0.2) is 19.7 Å². The number of halogens is 1. The minimum Gasteiger partial charge on any atom is -0.481 e. The van der Waals surface area contributed by atoms with Crippen molar-refractivity contribution in [3.63, 3.8) is 0 Å². The van der Waals surface area contributed by atoms with E-state index in [1.165, 1.54) is 63.7 Å². The summed E-state index contributed by atoms with van der Waals surface area (Å²) in [6, 6.07) is 3.05. The number of piperidine rings is 1. The number of hydrogen-bond donors (Lipinski definition) is 6. The Hall–Kier alpha value is -7.40. The lowest BCUT2D eigenvalue weighted by Gasteiger charge is -2.27. The van der Waals surface area contributed by atoms with Gasteiger partial charge >= 0.3 is 11.9 Å². The number of aromatic nitrogens is 6. The van der Waals surface area contributed by atoms with E-state index in [-0.39, 0.29) is 146 Å². The lowest BCUT2D eigenvalue weighted by atomic mass is 9.99. The van der Waals surface area contributed by atoms with Gasteiger partial charge in [-0.3, -0.25) is 48.0 Å². The number of nitrogens with zero attached hydrogens (tertiary/aromatic N) is 7. The number of rotatable bonds is 46. The largest absolute Gasteiger partial charge is 0.481 e. The highest BCUT2D eigenvalue weighted by atomic mass is 79.9. The number of likely N-dealkylation sites (tertiary alicyclic amines) is 1. The average Bonchev–Trinajstić information content (AvgIpc) is 1.54. The molecule has 5 heterocycles. The van der Waals surface area contributed by atoms with Crippen LogP contribution in [0.15, 0.2) is 41.4 Å². The van der Waals surface area contributed by atoms with Gasteiger partial charge in [0, 0.05) is 80.6 Å². The minimum atomic E-state index is -0.933. The van der Waals surface area contributed by atoms with Gasteiger partial charge in [0.2, 0.25) is 35.4 Å². The number of carboxylic acids is 1. The molecule has 92 heavy (non-hydrogen) atoms. The van der Waals surface area contributed by atoms with Crippen molar-refractivity contribution >= 4 is 85.8 Å². The maximum atomic E-state index is 14.5. The molecule has 2 aliphatic rings. The first kappa shape index (κ1) is 73.6. The molecule has 6 N–H and O–H groups in total. The Morgan fingerprint density at radius 2 is 1.26 bits per heavy atom. The van der Waals surface area contributed by atoms with E-state index >= 15 is 0 Å². The summed E-state index contributed by atoms with van der Waals surface area (Å²) in [4.78, 5) is 134. The second kappa shape index (κ2) is 39.2. The lowest BCUT2D eigenvalue weighted by molar-refractivity contribution is -0.145. The minimum absolute atomic E-state index is 0.00567. The third-order valence-electron chi connectivity index (χ3n) is 16.2. The summed E-state index contributed by atoms with van der Waals surface area (Å²) in [7, 11) is 1.24. The van der Waals surface area contributed by atoms with Crippen molar-refractivity contribution in [2.45, 2.75) is 174 Å². The van der Waals surface area contributed by atoms with Crippen LogP contribution < -0.4 is 26.6 Å². The Morgan fingerprint density at radius 3 is 1.86 bits per heavy atom. The van der Waals surface area contributed by atoms with Gasteiger partial charge in [-0.1, -0.05) is 83.1 Å². The fourth-order valence-corrected chi connectivity index (χ4v) is 11.3. The molecule has 4 atom stereocenters. The summed E-state index contributed by atoms with van der Waals surface area (Å²) in [6.07, 6.45) is 21.3. The predicted molar refractivity (Wildman–Crippen MR) is 342 cm³/mol. The van der Waals surface area contributed by atoms with Crippen LogP contribution in [0.4, 0.5) is 5.82 Å². The molecule has 4 aromatic heterocycles. The van der Waals surface area contributed by atoms with Crippen LogP contribution in [0.3, 0.4) is 0 Å². The molecule has 2 fully saturated rings. The zero-order valence-corrected chi connectivity index (χ0v) is 55.1. The fourth-order valence-electron chi connectivity index (χ4n) is 11.0. The number of carbonyl (C=O) groups is 9. The second-order valence-electron chi connectivity index (χ2n) is 23.4. The quantitative estimate of drug-likeness (QED) is 0.0127. The number of anilines is 1. The van der Waals surface area contributed by atoms with E-state index in [0.29, 0.717) is 51.2 Å². The molecule has 0 radical (unpaired) electrons. The molecule has 0 bridgehead atoms. The van der Waals surface area contributed by atoms with E-state index in [4.69, 9.17) is 28.8 Å². The summed E-state index contributed by atoms with van der Waals surface area (Å²) in [5.41, 5.74) is 1.91. The average molecular weight is 1350 g/mol. The summed E-state index contributed by atoms with van der Waals surface area (Å²) < 4.78 is 28.8. The third-order valence-corrected chi connectivity index (χ3v) is 16.6. The number of esters is 1. The summed E-state index contributed by atoms with van der Waals surface area (Å²) >= 11 is 3.36. The zero-order valence-electron chi connectivity index (χ0n) is 53.5. The Labute approximate surface area is 545 Å². The number of fused-ring (bicyclic) bond motifs is 2. The number of carbonyl (C=O) groups excluding carboxylic acids is 8. The maximum Gasteiger partial charge on any atom is 0.328 e. The molecule has 28 heteroatoms. The highest BCUT2D eigenvalue weighted by Gasteiger charge is 2.67. The Morgan fingerprint density at radius 1 is 0.685 bits per heavy atom. The van der Waals surface area contributed by atoms with Crippen molar-refractivity contribution in [3.05, 3.63) is 58.5 Å². The predicted octanol–water partition coefficient (Wildman–Crippen LogP) is 6.04. The number of aliphatic carboxylic acids is 1. The van der Waals surface area contributed by atoms with E-state index in [9.17, 15) is 43.2 Å². The number of carboxylic acid groups (broad SMARTS) is 1. The van der Waals surface area contributed by atoms with Crippen LogP contribution in [0.2, 0.25) is 0 Å². The SMILES string of the molecule is COC(=O)[C@H](CCC(=O)NCCOCCOCC(=O)NCCOCCOCC(=O)NC[C@@]12C[C@@H](C(=O)Nc3nc(Br)ccc3C)N(C(=O)Cn3nc(C(C)=O)c4cc(-c5cnc(C)nc5)ncc43)[C@@H]1C2)NC(=O)CCCCCCCCCCCCCCCCC(=O)O. The number of aryl methyl sites for hydroxylation is 2. The molecule has 1 saturated heterocycles. The molecule has 0 aromatic carbocycles. The molecule has 504 valence electrons. The molecule has 27 nitrogen and oxygen atoms in total. The van der Waals surface area contributed by atoms with Crippen LogP contribution in [0.25, 0.3) is 22.2 Å². The van der Waals surface area contributed by atoms with E-state index in [1.54, 1.807) is 48.6 Å². The first-order valence-corrected chi connectivity index (χ1v) is 32.8. The van der Waals surface area contributed by atoms with Gasteiger partial charge in [0.05, 0.1) is 64.2 Å². The Balaban J connectivity index is 0.778. The van der Waals surface area contributed by atoms with Gasteiger partial charge in [-0.2, -0.15) is 5.10 Å². The molecule has 6 rings (SSSR count). The molecule has 1 saturated carbocycles. The third kappa shape index (κ3) is 24.9. The molecule has 1 aliphatic carbocycles. The van der Waals surface area contributed by atoms with Gasteiger partial charge in [0.25, 0.3) is 0 Å². The van der Waals surface area contributed by atoms with E-state index in [0.717, 1.165) is 44.1 Å². The van der Waals surface area contributed by atoms with E-state index < -0.39 is 47.2 Å². The van der Waals surface area contributed by atoms with Crippen LogP contribution in [0.5, 0.6) is 0 Å². The standard InChI is InChI=1S/C64H91BrN12O15/c1-43-21-23-53(65)73-61(43)74-62(86)50-34-64(35-52(64)77(50)58(83)39-76-51-38-70-49(46-36-68-45(3)69-37-46)33-47(51)60(75-76)44(2)78)42-71-57(82)41-92-32-30-90-28-26-67-56(81)40-91-31-29-89-27-25-66-54(79)24-22-48(63(87)88-4)72-55(80)19-17-15-13-11-9-7-5-6-8-10-12-14-16-18-20-59(84)85/h21,23,33,36-38,48,50,52H,5-20,22,24-32,34-35,39-42H2,1-4H3,(H,66,79)(H,67,81)(H,71,82)(H,72,80)(H,84,85)(H,73,74,86)/t48-,50-,52+,64-/m0/s1. The number of unbranched alkanes of at least 4 members (excludes halogenated alkanes) is 13.